The molecule has 0 saturated carbocycles. The number of aryl methyl sites for hydroxylation is 1. The van der Waals surface area contributed by atoms with E-state index in [4.69, 9.17) is 11.6 Å². The van der Waals surface area contributed by atoms with E-state index in [1.54, 1.807) is 11.3 Å². The average Bonchev–Trinajstić information content (AvgIpc) is 2.53. The molecule has 0 aliphatic heterocycles. The highest BCUT2D eigenvalue weighted by molar-refractivity contribution is 7.13. The SMILES string of the molecule is Cc1cc(Cl)cc(-c2cncs2)c1. The molecule has 3 heteroatoms. The van der Waals surface area contributed by atoms with E-state index < -0.39 is 0 Å². The van der Waals surface area contributed by atoms with Crippen molar-refractivity contribution in [1.29, 1.82) is 0 Å². The molecule has 1 nitrogen and oxygen atoms in total. The molecule has 66 valence electrons. The largest absolute Gasteiger partial charge is 0.252 e. The van der Waals surface area contributed by atoms with Crippen molar-refractivity contribution in [3.05, 3.63) is 40.5 Å². The van der Waals surface area contributed by atoms with E-state index in [1.165, 1.54) is 5.56 Å². The van der Waals surface area contributed by atoms with Gasteiger partial charge in [0.15, 0.2) is 0 Å². The van der Waals surface area contributed by atoms with Gasteiger partial charge in [0, 0.05) is 11.2 Å². The Bertz CT molecular complexity index is 389. The average molecular weight is 210 g/mol. The second-order valence-electron chi connectivity index (χ2n) is 2.88. The second-order valence-corrected chi connectivity index (χ2v) is 4.21. The summed E-state index contributed by atoms with van der Waals surface area (Å²) >= 11 is 7.57. The first kappa shape index (κ1) is 8.73. The molecule has 0 atom stereocenters. The van der Waals surface area contributed by atoms with Crippen molar-refractivity contribution in [3.8, 4) is 10.4 Å². The highest BCUT2D eigenvalue weighted by Gasteiger charge is 2.01. The Labute approximate surface area is 86.0 Å². The molecule has 13 heavy (non-hydrogen) atoms. The van der Waals surface area contributed by atoms with Crippen molar-refractivity contribution < 1.29 is 0 Å². The maximum Gasteiger partial charge on any atom is 0.0797 e. The van der Waals surface area contributed by atoms with Crippen LogP contribution in [-0.2, 0) is 0 Å². The van der Waals surface area contributed by atoms with Crippen molar-refractivity contribution in [2.24, 2.45) is 0 Å². The zero-order valence-corrected chi connectivity index (χ0v) is 8.69. The third-order valence-electron chi connectivity index (χ3n) is 1.76. The fraction of sp³-hybridized carbons (Fsp3) is 0.100. The minimum Gasteiger partial charge on any atom is -0.252 e. The molecule has 0 spiro atoms. The van der Waals surface area contributed by atoms with Gasteiger partial charge in [-0.05, 0) is 30.2 Å². The number of thiazole rings is 1. The van der Waals surface area contributed by atoms with Gasteiger partial charge in [0.2, 0.25) is 0 Å². The number of hydrogen-bond acceptors (Lipinski definition) is 2. The van der Waals surface area contributed by atoms with Gasteiger partial charge in [0.25, 0.3) is 0 Å². The summed E-state index contributed by atoms with van der Waals surface area (Å²) in [6.07, 6.45) is 1.86. The summed E-state index contributed by atoms with van der Waals surface area (Å²) in [5, 5.41) is 0.781. The molecule has 2 aromatic rings. The summed E-state index contributed by atoms with van der Waals surface area (Å²) in [6, 6.07) is 6.02. The number of rotatable bonds is 1. The van der Waals surface area contributed by atoms with Gasteiger partial charge in [-0.1, -0.05) is 17.7 Å². The third-order valence-corrected chi connectivity index (χ3v) is 2.80. The molecule has 1 heterocycles. The number of nitrogens with zero attached hydrogens (tertiary/aromatic N) is 1. The first-order valence-electron chi connectivity index (χ1n) is 3.92. The van der Waals surface area contributed by atoms with E-state index in [2.05, 4.69) is 11.1 Å². The van der Waals surface area contributed by atoms with Gasteiger partial charge in [0.1, 0.15) is 0 Å². The summed E-state index contributed by atoms with van der Waals surface area (Å²) in [5.41, 5.74) is 4.15. The molecule has 1 aromatic carbocycles. The molecular weight excluding hydrogens is 202 g/mol. The van der Waals surface area contributed by atoms with Crippen LogP contribution in [0.1, 0.15) is 5.56 Å². The summed E-state index contributed by atoms with van der Waals surface area (Å²) in [4.78, 5) is 5.19. The highest BCUT2D eigenvalue weighted by Crippen LogP contribution is 2.26. The van der Waals surface area contributed by atoms with Crippen molar-refractivity contribution >= 4 is 22.9 Å². The molecule has 0 radical (unpaired) electrons. The summed E-state index contributed by atoms with van der Waals surface area (Å²) < 4.78 is 0. The smallest absolute Gasteiger partial charge is 0.0797 e. The molecule has 0 amide bonds. The zero-order chi connectivity index (χ0) is 9.26. The first-order chi connectivity index (χ1) is 6.25. The van der Waals surface area contributed by atoms with Gasteiger partial charge in [-0.25, -0.2) is 0 Å². The van der Waals surface area contributed by atoms with Crippen LogP contribution in [0.2, 0.25) is 5.02 Å². The Kier molecular flexibility index (Phi) is 2.34. The summed E-state index contributed by atoms with van der Waals surface area (Å²) in [7, 11) is 0. The van der Waals surface area contributed by atoms with Crippen LogP contribution >= 0.6 is 22.9 Å². The highest BCUT2D eigenvalue weighted by atomic mass is 35.5. The van der Waals surface area contributed by atoms with Crippen LogP contribution in [0, 0.1) is 6.92 Å². The van der Waals surface area contributed by atoms with Crippen LogP contribution in [0.15, 0.2) is 29.9 Å². The van der Waals surface area contributed by atoms with E-state index >= 15 is 0 Å². The topological polar surface area (TPSA) is 12.9 Å². The molecule has 0 fully saturated rings. The maximum atomic E-state index is 5.95. The summed E-state index contributed by atoms with van der Waals surface area (Å²) in [6.45, 7) is 2.04. The lowest BCUT2D eigenvalue weighted by Gasteiger charge is -1.99. The monoisotopic (exact) mass is 209 g/mol. The minimum atomic E-state index is 0.781. The minimum absolute atomic E-state index is 0.781. The molecule has 0 unspecified atom stereocenters. The van der Waals surface area contributed by atoms with E-state index in [0.717, 1.165) is 15.5 Å². The molecule has 0 saturated heterocycles. The first-order valence-corrected chi connectivity index (χ1v) is 5.17. The Balaban J connectivity index is 2.53. The van der Waals surface area contributed by atoms with Crippen LogP contribution in [0.5, 0.6) is 0 Å². The predicted molar refractivity (Wildman–Crippen MR) is 57.3 cm³/mol. The lowest BCUT2D eigenvalue weighted by Crippen LogP contribution is -1.76. The molecule has 1 aromatic heterocycles. The number of hydrogen-bond donors (Lipinski definition) is 0. The molecule has 2 rings (SSSR count). The molecule has 0 bridgehead atoms. The lowest BCUT2D eigenvalue weighted by atomic mass is 10.1. The third kappa shape index (κ3) is 1.90. The Morgan fingerprint density at radius 2 is 2.15 bits per heavy atom. The van der Waals surface area contributed by atoms with Gasteiger partial charge in [-0.15, -0.1) is 11.3 Å². The standard InChI is InChI=1S/C10H8ClNS/c1-7-2-8(4-9(11)3-7)10-5-12-6-13-10/h2-6H,1H3. The van der Waals surface area contributed by atoms with Crippen LogP contribution in [0.25, 0.3) is 10.4 Å². The van der Waals surface area contributed by atoms with Gasteiger partial charge in [-0.2, -0.15) is 0 Å². The second kappa shape index (κ2) is 3.48. The van der Waals surface area contributed by atoms with Gasteiger partial charge >= 0.3 is 0 Å². The maximum absolute atomic E-state index is 5.95. The molecule has 0 N–H and O–H groups in total. The quantitative estimate of drug-likeness (QED) is 0.697. The number of halogens is 1. The number of benzene rings is 1. The fourth-order valence-corrected chi connectivity index (χ4v) is 2.14. The Morgan fingerprint density at radius 3 is 2.77 bits per heavy atom. The van der Waals surface area contributed by atoms with Crippen LogP contribution < -0.4 is 0 Å². The van der Waals surface area contributed by atoms with Crippen molar-refractivity contribution in [2.75, 3.05) is 0 Å². The Morgan fingerprint density at radius 1 is 1.31 bits per heavy atom. The van der Waals surface area contributed by atoms with Gasteiger partial charge in [0.05, 0.1) is 10.4 Å². The van der Waals surface area contributed by atoms with Gasteiger partial charge in [-0.3, -0.25) is 4.98 Å². The van der Waals surface area contributed by atoms with E-state index in [9.17, 15) is 0 Å². The van der Waals surface area contributed by atoms with Crippen molar-refractivity contribution in [2.45, 2.75) is 6.92 Å². The summed E-state index contributed by atoms with van der Waals surface area (Å²) in [5.74, 6) is 0. The van der Waals surface area contributed by atoms with Gasteiger partial charge < -0.3 is 0 Å². The van der Waals surface area contributed by atoms with E-state index in [0.29, 0.717) is 0 Å². The predicted octanol–water partition coefficient (Wildman–Crippen LogP) is 3.77. The molecular formula is C10H8ClNS. The lowest BCUT2D eigenvalue weighted by molar-refractivity contribution is 1.42. The normalized spacial score (nSPS) is 10.3. The van der Waals surface area contributed by atoms with E-state index in [1.807, 2.05) is 30.8 Å². The molecule has 0 aliphatic carbocycles. The number of aromatic nitrogens is 1. The van der Waals surface area contributed by atoms with E-state index in [-0.39, 0.29) is 0 Å². The van der Waals surface area contributed by atoms with Crippen molar-refractivity contribution in [3.63, 3.8) is 0 Å². The fourth-order valence-electron chi connectivity index (χ4n) is 1.24. The zero-order valence-electron chi connectivity index (χ0n) is 7.12. The van der Waals surface area contributed by atoms with Crippen LogP contribution in [0.3, 0.4) is 0 Å². The van der Waals surface area contributed by atoms with Crippen LogP contribution in [-0.4, -0.2) is 4.98 Å². The Hall–Kier alpha value is -0.860. The van der Waals surface area contributed by atoms with Crippen LogP contribution in [0.4, 0.5) is 0 Å². The van der Waals surface area contributed by atoms with Crippen molar-refractivity contribution in [1.82, 2.24) is 4.98 Å². The molecule has 0 aliphatic rings.